The molecule has 0 aromatic carbocycles. The highest BCUT2D eigenvalue weighted by Gasteiger charge is 2.24. The van der Waals surface area contributed by atoms with Crippen LogP contribution in [0.5, 0.6) is 0 Å². The molecule has 1 aliphatic rings. The second kappa shape index (κ2) is 10.4. The lowest BCUT2D eigenvalue weighted by molar-refractivity contribution is -0.00721. The molecule has 1 saturated heterocycles. The van der Waals surface area contributed by atoms with Crippen molar-refractivity contribution in [2.24, 2.45) is 0 Å². The van der Waals surface area contributed by atoms with Crippen molar-refractivity contribution >= 4 is 5.95 Å². The molecule has 0 spiro atoms. The van der Waals surface area contributed by atoms with Crippen molar-refractivity contribution in [3.63, 3.8) is 0 Å². The number of aliphatic hydroxyl groups excluding tert-OH is 1. The van der Waals surface area contributed by atoms with Gasteiger partial charge in [-0.25, -0.2) is 4.98 Å². The topological polar surface area (TPSA) is 91.2 Å². The Hall–Kier alpha value is -2.97. The van der Waals surface area contributed by atoms with Gasteiger partial charge in [-0.05, 0) is 37.1 Å². The van der Waals surface area contributed by atoms with Crippen molar-refractivity contribution < 1.29 is 5.11 Å². The van der Waals surface area contributed by atoms with E-state index >= 15 is 0 Å². The molecule has 8 heteroatoms. The third kappa shape index (κ3) is 5.39. The smallest absolute Gasteiger partial charge is 0.229 e. The third-order valence-corrected chi connectivity index (χ3v) is 5.50. The van der Waals surface area contributed by atoms with Crippen LogP contribution in [0.4, 0.5) is 5.95 Å². The number of anilines is 1. The van der Waals surface area contributed by atoms with Crippen LogP contribution in [0.15, 0.2) is 48.8 Å². The van der Waals surface area contributed by atoms with Crippen LogP contribution in [-0.2, 0) is 0 Å². The predicted molar refractivity (Wildman–Crippen MR) is 120 cm³/mol. The van der Waals surface area contributed by atoms with E-state index in [1.165, 1.54) is 0 Å². The van der Waals surface area contributed by atoms with E-state index in [1.807, 2.05) is 36.4 Å². The molecule has 0 saturated carbocycles. The van der Waals surface area contributed by atoms with E-state index < -0.39 is 0 Å². The normalized spacial score (nSPS) is 15.7. The highest BCUT2D eigenvalue weighted by molar-refractivity contribution is 5.58. The molecule has 0 aliphatic carbocycles. The molecule has 162 valence electrons. The number of hydrogen-bond donors (Lipinski definition) is 1. The van der Waals surface area contributed by atoms with E-state index in [4.69, 9.17) is 9.97 Å². The second-order valence-corrected chi connectivity index (χ2v) is 7.71. The Kier molecular flexibility index (Phi) is 7.11. The monoisotopic (exact) mass is 419 g/mol. The number of aliphatic hydroxyl groups is 1. The zero-order valence-electron chi connectivity index (χ0n) is 17.9. The van der Waals surface area contributed by atoms with Gasteiger partial charge in [0.15, 0.2) is 11.6 Å². The molecular weight excluding hydrogens is 390 g/mol. The quantitative estimate of drug-likeness (QED) is 0.557. The Balaban J connectivity index is 1.54. The molecule has 0 radical (unpaired) electrons. The van der Waals surface area contributed by atoms with E-state index in [1.54, 1.807) is 12.4 Å². The Morgan fingerprint density at radius 3 is 1.97 bits per heavy atom. The Labute approximate surface area is 183 Å². The summed E-state index contributed by atoms with van der Waals surface area (Å²) < 4.78 is 0. The molecule has 3 aromatic rings. The summed E-state index contributed by atoms with van der Waals surface area (Å²) in [5.41, 5.74) is 1.40. The summed E-state index contributed by atoms with van der Waals surface area (Å²) in [5, 5.41) is 10.5. The molecule has 1 aliphatic heterocycles. The molecule has 1 N–H and O–H groups in total. The van der Waals surface area contributed by atoms with E-state index in [0.29, 0.717) is 29.0 Å². The lowest BCUT2D eigenvalue weighted by Crippen LogP contribution is -2.50. The second-order valence-electron chi connectivity index (χ2n) is 7.71. The Morgan fingerprint density at radius 2 is 1.45 bits per heavy atom. The van der Waals surface area contributed by atoms with Gasteiger partial charge in [-0.1, -0.05) is 31.9 Å². The third-order valence-electron chi connectivity index (χ3n) is 5.50. The van der Waals surface area contributed by atoms with Gasteiger partial charge in [0.25, 0.3) is 0 Å². The van der Waals surface area contributed by atoms with E-state index in [0.717, 1.165) is 51.9 Å². The average Bonchev–Trinajstić information content (AvgIpc) is 2.85. The molecule has 1 atom stereocenters. The minimum Gasteiger partial charge on any atom is -0.378 e. The van der Waals surface area contributed by atoms with Crippen LogP contribution in [0.25, 0.3) is 23.0 Å². The molecule has 0 amide bonds. The minimum absolute atomic E-state index is 0.375. The zero-order valence-corrected chi connectivity index (χ0v) is 17.9. The SMILES string of the molecule is CCCCCC(O)N1CCN(c2nc(-c3ccccn3)nc(-c3ccccn3)n2)CC1. The van der Waals surface area contributed by atoms with Crippen molar-refractivity contribution in [3.8, 4) is 23.0 Å². The van der Waals surface area contributed by atoms with Crippen molar-refractivity contribution in [2.75, 3.05) is 31.1 Å². The van der Waals surface area contributed by atoms with E-state index in [9.17, 15) is 5.11 Å². The zero-order chi connectivity index (χ0) is 21.5. The molecule has 4 rings (SSSR count). The number of pyridine rings is 2. The lowest BCUT2D eigenvalue weighted by atomic mass is 10.1. The maximum atomic E-state index is 10.5. The number of rotatable bonds is 8. The van der Waals surface area contributed by atoms with Gasteiger partial charge in [-0.2, -0.15) is 9.97 Å². The van der Waals surface area contributed by atoms with E-state index in [2.05, 4.69) is 31.7 Å². The molecule has 1 fully saturated rings. The molecule has 0 bridgehead atoms. The van der Waals surface area contributed by atoms with Crippen molar-refractivity contribution in [1.82, 2.24) is 29.8 Å². The van der Waals surface area contributed by atoms with Crippen molar-refractivity contribution in [1.29, 1.82) is 0 Å². The highest BCUT2D eigenvalue weighted by Crippen LogP contribution is 2.22. The number of aromatic nitrogens is 5. The van der Waals surface area contributed by atoms with Crippen LogP contribution in [0.2, 0.25) is 0 Å². The summed E-state index contributed by atoms with van der Waals surface area (Å²) in [6.45, 7) is 5.22. The number of piperazine rings is 1. The summed E-state index contributed by atoms with van der Waals surface area (Å²) >= 11 is 0. The molecular formula is C23H29N7O. The summed E-state index contributed by atoms with van der Waals surface area (Å²) in [6.07, 6.45) is 7.31. The molecule has 3 aromatic heterocycles. The molecule has 31 heavy (non-hydrogen) atoms. The summed E-state index contributed by atoms with van der Waals surface area (Å²) in [6, 6.07) is 11.4. The van der Waals surface area contributed by atoms with E-state index in [-0.39, 0.29) is 6.23 Å². The Morgan fingerprint density at radius 1 is 0.839 bits per heavy atom. The van der Waals surface area contributed by atoms with Crippen LogP contribution < -0.4 is 4.90 Å². The van der Waals surface area contributed by atoms with Crippen LogP contribution in [0.1, 0.15) is 32.6 Å². The fourth-order valence-electron chi connectivity index (χ4n) is 3.70. The van der Waals surface area contributed by atoms with Crippen LogP contribution >= 0.6 is 0 Å². The highest BCUT2D eigenvalue weighted by atomic mass is 16.3. The maximum Gasteiger partial charge on any atom is 0.229 e. The standard InChI is InChI=1S/C23H29N7O/c1-2-3-4-11-20(31)29-14-16-30(17-15-29)23-27-21(18-9-5-7-12-24-18)26-22(28-23)19-10-6-8-13-25-19/h5-10,12-13,20,31H,2-4,11,14-17H2,1H3. The molecule has 8 nitrogen and oxygen atoms in total. The van der Waals surface area contributed by atoms with Crippen molar-refractivity contribution in [2.45, 2.75) is 38.8 Å². The first kappa shape index (κ1) is 21.3. The van der Waals surface area contributed by atoms with Crippen LogP contribution in [-0.4, -0.2) is 67.3 Å². The molecule has 4 heterocycles. The maximum absolute atomic E-state index is 10.5. The first-order chi connectivity index (χ1) is 15.2. The van der Waals surface area contributed by atoms with Gasteiger partial charge < -0.3 is 10.0 Å². The van der Waals surface area contributed by atoms with Crippen molar-refractivity contribution in [3.05, 3.63) is 48.8 Å². The predicted octanol–water partition coefficient (Wildman–Crippen LogP) is 3.02. The van der Waals surface area contributed by atoms with Crippen LogP contribution in [0.3, 0.4) is 0 Å². The van der Waals surface area contributed by atoms with Gasteiger partial charge in [-0.15, -0.1) is 0 Å². The molecule has 1 unspecified atom stereocenters. The summed E-state index contributed by atoms with van der Waals surface area (Å²) in [5.74, 6) is 1.69. The number of unbranched alkanes of at least 4 members (excludes halogenated alkanes) is 2. The first-order valence-corrected chi connectivity index (χ1v) is 11.0. The lowest BCUT2D eigenvalue weighted by Gasteiger charge is -2.37. The summed E-state index contributed by atoms with van der Waals surface area (Å²) in [7, 11) is 0. The first-order valence-electron chi connectivity index (χ1n) is 11.0. The summed E-state index contributed by atoms with van der Waals surface area (Å²) in [4.78, 5) is 27.2. The van der Waals surface area contributed by atoms with Gasteiger partial charge in [0.1, 0.15) is 17.6 Å². The van der Waals surface area contributed by atoms with Gasteiger partial charge >= 0.3 is 0 Å². The van der Waals surface area contributed by atoms with Crippen LogP contribution in [0, 0.1) is 0 Å². The average molecular weight is 420 g/mol. The number of nitrogens with zero attached hydrogens (tertiary/aromatic N) is 7. The van der Waals surface area contributed by atoms with Gasteiger partial charge in [0, 0.05) is 38.6 Å². The largest absolute Gasteiger partial charge is 0.378 e. The van der Waals surface area contributed by atoms with Gasteiger partial charge in [0.2, 0.25) is 5.95 Å². The van der Waals surface area contributed by atoms with Gasteiger partial charge in [0.05, 0.1) is 0 Å². The van der Waals surface area contributed by atoms with Gasteiger partial charge in [-0.3, -0.25) is 14.9 Å². The minimum atomic E-state index is -0.375. The number of hydrogen-bond acceptors (Lipinski definition) is 8. The fraction of sp³-hybridized carbons (Fsp3) is 0.435. The fourth-order valence-corrected chi connectivity index (χ4v) is 3.70. The Bertz CT molecular complexity index is 889.